The van der Waals surface area contributed by atoms with Crippen LogP contribution in [0.3, 0.4) is 0 Å². The largest absolute Gasteiger partial charge is 0.497 e. The third-order valence-corrected chi connectivity index (χ3v) is 6.32. The summed E-state index contributed by atoms with van der Waals surface area (Å²) in [6.45, 7) is 2.24. The van der Waals surface area contributed by atoms with Crippen LogP contribution in [0, 0.1) is 6.92 Å². The average Bonchev–Trinajstić information content (AvgIpc) is 3.53. The van der Waals surface area contributed by atoms with E-state index >= 15 is 0 Å². The van der Waals surface area contributed by atoms with Gasteiger partial charge in [-0.1, -0.05) is 47.2 Å². The van der Waals surface area contributed by atoms with E-state index in [0.29, 0.717) is 28.4 Å². The van der Waals surface area contributed by atoms with Crippen LogP contribution in [-0.2, 0) is 6.54 Å². The normalized spacial score (nSPS) is 12.4. The first-order valence-electron chi connectivity index (χ1n) is 11.4. The van der Waals surface area contributed by atoms with Crippen molar-refractivity contribution in [2.24, 2.45) is 0 Å². The molecule has 1 aliphatic carbocycles. The van der Waals surface area contributed by atoms with Gasteiger partial charge < -0.3 is 9.30 Å². The summed E-state index contributed by atoms with van der Waals surface area (Å²) in [4.78, 5) is 31.6. The van der Waals surface area contributed by atoms with Crippen molar-refractivity contribution >= 4 is 11.6 Å². The lowest BCUT2D eigenvalue weighted by Gasteiger charge is -2.16. The number of carbonyl (C=O) groups is 2. The summed E-state index contributed by atoms with van der Waals surface area (Å²) in [5.41, 5.74) is 4.56. The number of methoxy groups -OCH3 is 1. The Morgan fingerprint density at radius 3 is 2.25 bits per heavy atom. The number of carbonyl (C=O) groups excluding carboxylic acids is 2. The molecule has 0 atom stereocenters. The first kappa shape index (κ1) is 21.7. The van der Waals surface area contributed by atoms with Crippen molar-refractivity contribution in [3.8, 4) is 22.8 Å². The van der Waals surface area contributed by atoms with Gasteiger partial charge in [0.2, 0.25) is 11.6 Å². The molecule has 0 fully saturated rings. The Bertz CT molecular complexity index is 1630. The van der Waals surface area contributed by atoms with E-state index in [1.807, 2.05) is 61.7 Å². The Hall–Kier alpha value is -4.85. The third-order valence-electron chi connectivity index (χ3n) is 6.32. The molecule has 0 radical (unpaired) electrons. The standard InChI is InChI=1S/C28H21N5O3/c1-17-7-11-20(12-8-17)33-16-19(30-31-33)15-32-25-24(26(34)22-5-3-4-6-23(22)27(25)35)29-28(32)18-9-13-21(36-2)14-10-18/h3-14,16H,15H2,1-2H3. The second-order valence-corrected chi connectivity index (χ2v) is 8.64. The maximum Gasteiger partial charge on any atom is 0.214 e. The van der Waals surface area contributed by atoms with Gasteiger partial charge in [-0.3, -0.25) is 9.59 Å². The maximum atomic E-state index is 13.6. The van der Waals surface area contributed by atoms with Gasteiger partial charge in [0.05, 0.1) is 25.5 Å². The summed E-state index contributed by atoms with van der Waals surface area (Å²) >= 11 is 0. The number of aromatic nitrogens is 5. The van der Waals surface area contributed by atoms with E-state index in [2.05, 4.69) is 15.3 Å². The minimum Gasteiger partial charge on any atom is -0.497 e. The molecule has 0 amide bonds. The fraction of sp³-hybridized carbons (Fsp3) is 0.107. The van der Waals surface area contributed by atoms with Crippen molar-refractivity contribution < 1.29 is 14.3 Å². The van der Waals surface area contributed by atoms with E-state index in [-0.39, 0.29) is 29.5 Å². The predicted molar refractivity (Wildman–Crippen MR) is 133 cm³/mol. The molecule has 0 N–H and O–H groups in total. The molecule has 0 aliphatic heterocycles. The summed E-state index contributed by atoms with van der Waals surface area (Å²) in [6, 6.07) is 22.1. The Kier molecular flexibility index (Phi) is 5.07. The fourth-order valence-electron chi connectivity index (χ4n) is 4.45. The molecule has 6 rings (SSSR count). The molecule has 176 valence electrons. The Morgan fingerprint density at radius 2 is 1.56 bits per heavy atom. The molecule has 8 nitrogen and oxygen atoms in total. The van der Waals surface area contributed by atoms with Gasteiger partial charge in [-0.25, -0.2) is 9.67 Å². The second kappa shape index (κ2) is 8.42. The number of hydrogen-bond acceptors (Lipinski definition) is 6. The van der Waals surface area contributed by atoms with Gasteiger partial charge in [-0.15, -0.1) is 5.10 Å². The zero-order valence-electron chi connectivity index (χ0n) is 19.7. The highest BCUT2D eigenvalue weighted by molar-refractivity contribution is 6.27. The molecule has 0 saturated carbocycles. The molecule has 8 heteroatoms. The third kappa shape index (κ3) is 3.51. The topological polar surface area (TPSA) is 91.9 Å². The molecule has 0 saturated heterocycles. The SMILES string of the molecule is COc1ccc(-c2nc3c(n2Cc2cn(-c4ccc(C)cc4)nn2)C(=O)c2ccccc2C3=O)cc1. The van der Waals surface area contributed by atoms with Gasteiger partial charge in [0.15, 0.2) is 0 Å². The van der Waals surface area contributed by atoms with Crippen molar-refractivity contribution in [2.45, 2.75) is 13.5 Å². The van der Waals surface area contributed by atoms with Gasteiger partial charge in [0.1, 0.15) is 28.7 Å². The molecular formula is C28H21N5O3. The summed E-state index contributed by atoms with van der Waals surface area (Å²) < 4.78 is 8.73. The zero-order chi connectivity index (χ0) is 24.8. The number of ether oxygens (including phenoxy) is 1. The van der Waals surface area contributed by atoms with Gasteiger partial charge in [0, 0.05) is 16.7 Å². The van der Waals surface area contributed by atoms with Crippen LogP contribution in [0.2, 0.25) is 0 Å². The van der Waals surface area contributed by atoms with Crippen molar-refractivity contribution in [1.82, 2.24) is 24.5 Å². The second-order valence-electron chi connectivity index (χ2n) is 8.64. The van der Waals surface area contributed by atoms with Crippen LogP contribution < -0.4 is 4.74 Å². The number of hydrogen-bond donors (Lipinski definition) is 0. The highest BCUT2D eigenvalue weighted by atomic mass is 16.5. The lowest BCUT2D eigenvalue weighted by atomic mass is 9.90. The van der Waals surface area contributed by atoms with Crippen molar-refractivity contribution in [3.05, 3.63) is 113 Å². The molecule has 3 aromatic carbocycles. The van der Waals surface area contributed by atoms with Crippen LogP contribution in [-0.4, -0.2) is 43.2 Å². The van der Waals surface area contributed by atoms with Gasteiger partial charge in [0.25, 0.3) is 0 Å². The molecule has 36 heavy (non-hydrogen) atoms. The molecule has 1 aliphatic rings. The molecule has 0 spiro atoms. The van der Waals surface area contributed by atoms with Crippen LogP contribution in [0.5, 0.6) is 5.75 Å². The van der Waals surface area contributed by atoms with E-state index in [1.165, 1.54) is 0 Å². The first-order valence-corrected chi connectivity index (χ1v) is 11.4. The van der Waals surface area contributed by atoms with Crippen molar-refractivity contribution in [2.75, 3.05) is 7.11 Å². The smallest absolute Gasteiger partial charge is 0.214 e. The van der Waals surface area contributed by atoms with Gasteiger partial charge >= 0.3 is 0 Å². The van der Waals surface area contributed by atoms with Crippen molar-refractivity contribution in [3.63, 3.8) is 0 Å². The molecule has 2 heterocycles. The molecule has 5 aromatic rings. The van der Waals surface area contributed by atoms with Crippen LogP contribution in [0.25, 0.3) is 17.1 Å². The summed E-state index contributed by atoms with van der Waals surface area (Å²) in [6.07, 6.45) is 1.82. The monoisotopic (exact) mass is 475 g/mol. The van der Waals surface area contributed by atoms with E-state index in [4.69, 9.17) is 4.74 Å². The Morgan fingerprint density at radius 1 is 0.861 bits per heavy atom. The minimum absolute atomic E-state index is 0.149. The summed E-state index contributed by atoms with van der Waals surface area (Å²) in [5.74, 6) is 0.694. The number of nitrogens with zero attached hydrogens (tertiary/aromatic N) is 5. The Labute approximate surface area is 206 Å². The highest BCUT2D eigenvalue weighted by Crippen LogP contribution is 2.32. The minimum atomic E-state index is -0.267. The van der Waals surface area contributed by atoms with Crippen molar-refractivity contribution in [1.29, 1.82) is 0 Å². The molecular weight excluding hydrogens is 454 g/mol. The number of imidazole rings is 1. The summed E-state index contributed by atoms with van der Waals surface area (Å²) in [7, 11) is 1.60. The summed E-state index contributed by atoms with van der Waals surface area (Å²) in [5, 5.41) is 8.61. The molecule has 0 unspecified atom stereocenters. The first-order chi connectivity index (χ1) is 17.5. The number of ketones is 2. The van der Waals surface area contributed by atoms with E-state index in [0.717, 1.165) is 16.8 Å². The van der Waals surface area contributed by atoms with Gasteiger partial charge in [-0.2, -0.15) is 0 Å². The molecule has 2 aromatic heterocycles. The number of fused-ring (bicyclic) bond motifs is 2. The maximum absolute atomic E-state index is 13.6. The van der Waals surface area contributed by atoms with Crippen LogP contribution in [0.1, 0.15) is 43.4 Å². The van der Waals surface area contributed by atoms with Gasteiger partial charge in [-0.05, 0) is 43.3 Å². The highest BCUT2D eigenvalue weighted by Gasteiger charge is 2.36. The quantitative estimate of drug-likeness (QED) is 0.370. The average molecular weight is 476 g/mol. The van der Waals surface area contributed by atoms with E-state index < -0.39 is 0 Å². The van der Waals surface area contributed by atoms with E-state index in [1.54, 1.807) is 40.6 Å². The van der Waals surface area contributed by atoms with Crippen LogP contribution in [0.4, 0.5) is 0 Å². The number of aryl methyl sites for hydroxylation is 1. The molecule has 0 bridgehead atoms. The number of benzene rings is 3. The zero-order valence-corrected chi connectivity index (χ0v) is 19.7. The van der Waals surface area contributed by atoms with Crippen LogP contribution in [0.15, 0.2) is 79.0 Å². The lowest BCUT2D eigenvalue weighted by Crippen LogP contribution is -2.23. The predicted octanol–water partition coefficient (Wildman–Crippen LogP) is 4.27. The number of rotatable bonds is 5. The lowest BCUT2D eigenvalue weighted by molar-refractivity contribution is 0.0971. The Balaban J connectivity index is 1.48. The van der Waals surface area contributed by atoms with Crippen LogP contribution >= 0.6 is 0 Å². The fourth-order valence-corrected chi connectivity index (χ4v) is 4.45. The van der Waals surface area contributed by atoms with E-state index in [9.17, 15) is 9.59 Å².